The van der Waals surface area contributed by atoms with E-state index in [-0.39, 0.29) is 0 Å². The minimum Gasteiger partial charge on any atom is -0.256 e. The van der Waals surface area contributed by atoms with Gasteiger partial charge in [-0.05, 0) is 37.3 Å². The van der Waals surface area contributed by atoms with Gasteiger partial charge in [0, 0.05) is 17.3 Å². The standard InChI is InChI=1S/C19H14N2S/c1-13-9-10-14(15(12-13)16-6-4-5-11-20-16)19-21-17-7-2-3-8-18(17)22-19/h2-12H,1H3. The number of thiazole rings is 1. The van der Waals surface area contributed by atoms with Gasteiger partial charge >= 0.3 is 0 Å². The number of benzene rings is 2. The highest BCUT2D eigenvalue weighted by Gasteiger charge is 2.12. The first-order valence-corrected chi connectivity index (χ1v) is 8.01. The molecule has 106 valence electrons. The van der Waals surface area contributed by atoms with E-state index in [4.69, 9.17) is 4.98 Å². The molecule has 2 heterocycles. The van der Waals surface area contributed by atoms with Crippen LogP contribution in [0.1, 0.15) is 5.56 Å². The number of hydrogen-bond acceptors (Lipinski definition) is 3. The fraction of sp³-hybridized carbons (Fsp3) is 0.0526. The third kappa shape index (κ3) is 2.30. The van der Waals surface area contributed by atoms with Crippen LogP contribution in [0.4, 0.5) is 0 Å². The van der Waals surface area contributed by atoms with Crippen LogP contribution >= 0.6 is 11.3 Å². The van der Waals surface area contributed by atoms with E-state index in [0.29, 0.717) is 0 Å². The van der Waals surface area contributed by atoms with Crippen molar-refractivity contribution >= 4 is 21.6 Å². The molecule has 0 fully saturated rings. The van der Waals surface area contributed by atoms with Crippen LogP contribution in [0.5, 0.6) is 0 Å². The van der Waals surface area contributed by atoms with Crippen LogP contribution in [0.2, 0.25) is 0 Å². The van der Waals surface area contributed by atoms with E-state index < -0.39 is 0 Å². The van der Waals surface area contributed by atoms with Crippen molar-refractivity contribution in [3.8, 4) is 21.8 Å². The zero-order valence-corrected chi connectivity index (χ0v) is 13.0. The predicted octanol–water partition coefficient (Wildman–Crippen LogP) is 5.33. The third-order valence-electron chi connectivity index (χ3n) is 3.64. The van der Waals surface area contributed by atoms with Crippen molar-refractivity contribution in [1.29, 1.82) is 0 Å². The zero-order valence-electron chi connectivity index (χ0n) is 12.2. The normalized spacial score (nSPS) is 11.0. The van der Waals surface area contributed by atoms with Crippen LogP contribution in [0.3, 0.4) is 0 Å². The SMILES string of the molecule is Cc1ccc(-c2nc3ccccc3s2)c(-c2ccccn2)c1. The molecule has 0 spiro atoms. The second-order valence-corrected chi connectivity index (χ2v) is 6.28. The number of hydrogen-bond donors (Lipinski definition) is 0. The van der Waals surface area contributed by atoms with Gasteiger partial charge in [-0.25, -0.2) is 4.98 Å². The first kappa shape index (κ1) is 13.2. The summed E-state index contributed by atoms with van der Waals surface area (Å²) in [5.74, 6) is 0. The summed E-state index contributed by atoms with van der Waals surface area (Å²) in [6.07, 6.45) is 1.83. The van der Waals surface area contributed by atoms with Gasteiger partial charge in [-0.1, -0.05) is 35.9 Å². The minimum atomic E-state index is 0.987. The Morgan fingerprint density at radius 2 is 1.73 bits per heavy atom. The number of para-hydroxylation sites is 1. The maximum absolute atomic E-state index is 4.79. The van der Waals surface area contributed by atoms with E-state index in [0.717, 1.165) is 27.3 Å². The third-order valence-corrected chi connectivity index (χ3v) is 4.71. The van der Waals surface area contributed by atoms with Gasteiger partial charge in [-0.2, -0.15) is 0 Å². The Hall–Kier alpha value is -2.52. The Labute approximate surface area is 133 Å². The fourth-order valence-electron chi connectivity index (χ4n) is 2.57. The van der Waals surface area contributed by atoms with Gasteiger partial charge in [0.1, 0.15) is 5.01 Å². The van der Waals surface area contributed by atoms with Crippen molar-refractivity contribution in [3.63, 3.8) is 0 Å². The molecule has 0 aliphatic carbocycles. The summed E-state index contributed by atoms with van der Waals surface area (Å²) in [6.45, 7) is 2.11. The van der Waals surface area contributed by atoms with E-state index in [1.54, 1.807) is 11.3 Å². The summed E-state index contributed by atoms with van der Waals surface area (Å²) in [7, 11) is 0. The highest BCUT2D eigenvalue weighted by molar-refractivity contribution is 7.21. The van der Waals surface area contributed by atoms with Crippen molar-refractivity contribution in [2.24, 2.45) is 0 Å². The Kier molecular flexibility index (Phi) is 3.20. The Balaban J connectivity index is 1.95. The van der Waals surface area contributed by atoms with Crippen LogP contribution in [0.15, 0.2) is 66.9 Å². The summed E-state index contributed by atoms with van der Waals surface area (Å²) in [5, 5.41) is 1.04. The molecule has 0 saturated heterocycles. The number of aromatic nitrogens is 2. The topological polar surface area (TPSA) is 25.8 Å². The van der Waals surface area contributed by atoms with Gasteiger partial charge in [0.05, 0.1) is 15.9 Å². The summed E-state index contributed by atoms with van der Waals surface area (Å²) < 4.78 is 1.21. The lowest BCUT2D eigenvalue weighted by molar-refractivity contribution is 1.31. The average Bonchev–Trinajstić information content (AvgIpc) is 2.99. The number of nitrogens with zero attached hydrogens (tertiary/aromatic N) is 2. The van der Waals surface area contributed by atoms with E-state index in [1.165, 1.54) is 10.3 Å². The van der Waals surface area contributed by atoms with E-state index in [2.05, 4.69) is 48.3 Å². The van der Waals surface area contributed by atoms with Crippen LogP contribution in [-0.2, 0) is 0 Å². The molecule has 0 bridgehead atoms. The molecule has 0 radical (unpaired) electrons. The van der Waals surface area contributed by atoms with Crippen molar-refractivity contribution in [2.75, 3.05) is 0 Å². The molecule has 0 unspecified atom stereocenters. The first-order chi connectivity index (χ1) is 10.8. The van der Waals surface area contributed by atoms with Crippen LogP contribution in [0, 0.1) is 6.92 Å². The second-order valence-electron chi connectivity index (χ2n) is 5.25. The van der Waals surface area contributed by atoms with Gasteiger partial charge < -0.3 is 0 Å². The molecular formula is C19H14N2S. The van der Waals surface area contributed by atoms with Crippen LogP contribution in [0.25, 0.3) is 32.0 Å². The Morgan fingerprint density at radius 3 is 2.55 bits per heavy atom. The smallest absolute Gasteiger partial charge is 0.125 e. The largest absolute Gasteiger partial charge is 0.256 e. The monoisotopic (exact) mass is 302 g/mol. The zero-order chi connectivity index (χ0) is 14.9. The molecule has 0 amide bonds. The molecule has 22 heavy (non-hydrogen) atoms. The lowest BCUT2D eigenvalue weighted by Gasteiger charge is -2.08. The Bertz CT molecular complexity index is 909. The molecule has 0 saturated carbocycles. The van der Waals surface area contributed by atoms with Crippen molar-refractivity contribution < 1.29 is 0 Å². The van der Waals surface area contributed by atoms with Gasteiger partial charge in [-0.3, -0.25) is 4.98 Å². The molecule has 0 atom stereocenters. The minimum absolute atomic E-state index is 0.987. The molecule has 4 rings (SSSR count). The fourth-order valence-corrected chi connectivity index (χ4v) is 3.57. The molecule has 0 aliphatic heterocycles. The summed E-state index contributed by atoms with van der Waals surface area (Å²) in [6, 6.07) is 20.7. The van der Waals surface area contributed by atoms with E-state index >= 15 is 0 Å². The molecule has 2 aromatic carbocycles. The molecule has 0 N–H and O–H groups in total. The molecule has 0 aliphatic rings. The number of rotatable bonds is 2. The van der Waals surface area contributed by atoms with Gasteiger partial charge in [-0.15, -0.1) is 11.3 Å². The molecule has 3 heteroatoms. The van der Waals surface area contributed by atoms with E-state index in [1.807, 2.05) is 30.5 Å². The van der Waals surface area contributed by atoms with Crippen molar-refractivity contribution in [2.45, 2.75) is 6.92 Å². The second kappa shape index (κ2) is 5.35. The molecule has 2 aromatic heterocycles. The number of pyridine rings is 1. The predicted molar refractivity (Wildman–Crippen MR) is 93.0 cm³/mol. The lowest BCUT2D eigenvalue weighted by Crippen LogP contribution is -1.88. The number of fused-ring (bicyclic) bond motifs is 1. The van der Waals surface area contributed by atoms with Gasteiger partial charge in [0.25, 0.3) is 0 Å². The molecule has 4 aromatic rings. The Morgan fingerprint density at radius 1 is 0.864 bits per heavy atom. The van der Waals surface area contributed by atoms with E-state index in [9.17, 15) is 0 Å². The summed E-state index contributed by atoms with van der Waals surface area (Å²) >= 11 is 1.73. The van der Waals surface area contributed by atoms with Gasteiger partial charge in [0.15, 0.2) is 0 Å². The summed E-state index contributed by atoms with van der Waals surface area (Å²) in [4.78, 5) is 9.30. The molecular weight excluding hydrogens is 288 g/mol. The first-order valence-electron chi connectivity index (χ1n) is 7.19. The summed E-state index contributed by atoms with van der Waals surface area (Å²) in [5.41, 5.74) is 5.55. The maximum Gasteiger partial charge on any atom is 0.125 e. The highest BCUT2D eigenvalue weighted by atomic mass is 32.1. The van der Waals surface area contributed by atoms with Crippen LogP contribution in [-0.4, -0.2) is 9.97 Å². The van der Waals surface area contributed by atoms with Crippen molar-refractivity contribution in [1.82, 2.24) is 9.97 Å². The maximum atomic E-state index is 4.79. The quantitative estimate of drug-likeness (QED) is 0.500. The van der Waals surface area contributed by atoms with Crippen LogP contribution < -0.4 is 0 Å². The van der Waals surface area contributed by atoms with Gasteiger partial charge in [0.2, 0.25) is 0 Å². The molecule has 2 nitrogen and oxygen atoms in total. The lowest BCUT2D eigenvalue weighted by atomic mass is 10.0. The highest BCUT2D eigenvalue weighted by Crippen LogP contribution is 2.36. The number of aryl methyl sites for hydroxylation is 1. The average molecular weight is 302 g/mol. The van der Waals surface area contributed by atoms with Crippen molar-refractivity contribution in [3.05, 3.63) is 72.4 Å².